The van der Waals surface area contributed by atoms with Gasteiger partial charge in [0.25, 0.3) is 0 Å². The SMILES string of the molecule is COc1cc(/C=N/NCc2c(Cl)cccc2Cl)ccc1OCc1ccc(F)cc1. The van der Waals surface area contributed by atoms with Crippen LogP contribution in [0.15, 0.2) is 65.8 Å². The van der Waals surface area contributed by atoms with E-state index >= 15 is 0 Å². The van der Waals surface area contributed by atoms with Crippen LogP contribution in [0.4, 0.5) is 4.39 Å². The van der Waals surface area contributed by atoms with Gasteiger partial charge < -0.3 is 14.9 Å². The van der Waals surface area contributed by atoms with Crippen molar-refractivity contribution in [3.05, 3.63) is 93.2 Å². The molecule has 0 aromatic heterocycles. The Morgan fingerprint density at radius 1 is 1.00 bits per heavy atom. The van der Waals surface area contributed by atoms with Gasteiger partial charge in [-0.1, -0.05) is 41.4 Å². The summed E-state index contributed by atoms with van der Waals surface area (Å²) in [4.78, 5) is 0. The Morgan fingerprint density at radius 2 is 1.72 bits per heavy atom. The fraction of sp³-hybridized carbons (Fsp3) is 0.136. The van der Waals surface area contributed by atoms with Crippen molar-refractivity contribution in [2.24, 2.45) is 5.10 Å². The topological polar surface area (TPSA) is 42.8 Å². The minimum atomic E-state index is -0.277. The normalized spacial score (nSPS) is 10.9. The third kappa shape index (κ3) is 5.86. The molecule has 0 bridgehead atoms. The van der Waals surface area contributed by atoms with E-state index in [0.717, 1.165) is 16.7 Å². The Balaban J connectivity index is 1.60. The van der Waals surface area contributed by atoms with Crippen LogP contribution >= 0.6 is 23.2 Å². The van der Waals surface area contributed by atoms with E-state index in [-0.39, 0.29) is 5.82 Å². The molecular formula is C22H19Cl2FN2O2. The highest BCUT2D eigenvalue weighted by atomic mass is 35.5. The van der Waals surface area contributed by atoms with Gasteiger partial charge in [-0.05, 0) is 53.6 Å². The first-order valence-corrected chi connectivity index (χ1v) is 9.56. The third-order valence-electron chi connectivity index (χ3n) is 4.12. The van der Waals surface area contributed by atoms with Gasteiger partial charge in [0.05, 0.1) is 19.9 Å². The van der Waals surface area contributed by atoms with Gasteiger partial charge in [0.1, 0.15) is 12.4 Å². The average Bonchev–Trinajstić information content (AvgIpc) is 2.73. The van der Waals surface area contributed by atoms with Crippen molar-refractivity contribution >= 4 is 29.4 Å². The predicted molar refractivity (Wildman–Crippen MR) is 115 cm³/mol. The van der Waals surface area contributed by atoms with E-state index in [4.69, 9.17) is 32.7 Å². The van der Waals surface area contributed by atoms with Crippen LogP contribution in [0.25, 0.3) is 0 Å². The molecular weight excluding hydrogens is 414 g/mol. The fourth-order valence-corrected chi connectivity index (χ4v) is 3.10. The maximum absolute atomic E-state index is 13.0. The molecule has 3 aromatic carbocycles. The number of nitrogens with one attached hydrogen (secondary N) is 1. The molecule has 4 nitrogen and oxygen atoms in total. The molecule has 1 N–H and O–H groups in total. The number of hydrazone groups is 1. The first-order chi connectivity index (χ1) is 14.1. The van der Waals surface area contributed by atoms with Crippen molar-refractivity contribution in [2.75, 3.05) is 7.11 Å². The van der Waals surface area contributed by atoms with Gasteiger partial charge in [0.2, 0.25) is 0 Å². The maximum Gasteiger partial charge on any atom is 0.161 e. The van der Waals surface area contributed by atoms with Gasteiger partial charge in [-0.3, -0.25) is 0 Å². The highest BCUT2D eigenvalue weighted by Crippen LogP contribution is 2.28. The summed E-state index contributed by atoms with van der Waals surface area (Å²) in [6.07, 6.45) is 1.66. The van der Waals surface area contributed by atoms with Crippen molar-refractivity contribution in [3.8, 4) is 11.5 Å². The molecule has 0 saturated carbocycles. The van der Waals surface area contributed by atoms with Gasteiger partial charge >= 0.3 is 0 Å². The molecule has 29 heavy (non-hydrogen) atoms. The van der Waals surface area contributed by atoms with E-state index in [1.807, 2.05) is 12.1 Å². The highest BCUT2D eigenvalue weighted by Gasteiger charge is 2.07. The van der Waals surface area contributed by atoms with Crippen LogP contribution in [-0.2, 0) is 13.2 Å². The zero-order valence-electron chi connectivity index (χ0n) is 15.7. The van der Waals surface area contributed by atoms with E-state index in [1.165, 1.54) is 12.1 Å². The molecule has 0 amide bonds. The zero-order valence-corrected chi connectivity index (χ0v) is 17.2. The number of methoxy groups -OCH3 is 1. The first kappa shape index (κ1) is 21.0. The smallest absolute Gasteiger partial charge is 0.161 e. The van der Waals surface area contributed by atoms with E-state index in [1.54, 1.807) is 49.7 Å². The van der Waals surface area contributed by atoms with Crippen LogP contribution in [-0.4, -0.2) is 13.3 Å². The molecule has 0 heterocycles. The molecule has 0 aliphatic heterocycles. The molecule has 0 aliphatic carbocycles. The number of hydrogen-bond donors (Lipinski definition) is 1. The Kier molecular flexibility index (Phi) is 7.33. The molecule has 0 saturated heterocycles. The Labute approximate surface area is 178 Å². The number of hydrogen-bond acceptors (Lipinski definition) is 4. The van der Waals surface area contributed by atoms with Gasteiger partial charge in [-0.15, -0.1) is 0 Å². The minimum absolute atomic E-state index is 0.277. The van der Waals surface area contributed by atoms with Crippen molar-refractivity contribution < 1.29 is 13.9 Å². The van der Waals surface area contributed by atoms with Gasteiger partial charge in [-0.2, -0.15) is 5.10 Å². The second-order valence-electron chi connectivity index (χ2n) is 6.12. The summed E-state index contributed by atoms with van der Waals surface area (Å²) >= 11 is 12.3. The summed E-state index contributed by atoms with van der Waals surface area (Å²) in [5.41, 5.74) is 5.41. The molecule has 7 heteroatoms. The van der Waals surface area contributed by atoms with Gasteiger partial charge in [0.15, 0.2) is 11.5 Å². The second-order valence-corrected chi connectivity index (χ2v) is 6.93. The monoisotopic (exact) mass is 432 g/mol. The first-order valence-electron chi connectivity index (χ1n) is 8.81. The molecule has 0 atom stereocenters. The van der Waals surface area contributed by atoms with Crippen LogP contribution in [0.3, 0.4) is 0 Å². The largest absolute Gasteiger partial charge is 0.493 e. The highest BCUT2D eigenvalue weighted by molar-refractivity contribution is 6.35. The van der Waals surface area contributed by atoms with Crippen molar-refractivity contribution in [1.29, 1.82) is 0 Å². The molecule has 0 fully saturated rings. The average molecular weight is 433 g/mol. The fourth-order valence-electron chi connectivity index (χ4n) is 2.57. The number of benzene rings is 3. The number of halogens is 3. The van der Waals surface area contributed by atoms with Gasteiger partial charge in [-0.25, -0.2) is 4.39 Å². The van der Waals surface area contributed by atoms with Crippen LogP contribution in [0, 0.1) is 5.82 Å². The molecule has 0 aliphatic rings. The second kappa shape index (κ2) is 10.1. The maximum atomic E-state index is 13.0. The van der Waals surface area contributed by atoms with Crippen molar-refractivity contribution in [3.63, 3.8) is 0 Å². The molecule has 150 valence electrons. The summed E-state index contributed by atoms with van der Waals surface area (Å²) in [6.45, 7) is 0.717. The molecule has 0 unspecified atom stereocenters. The zero-order chi connectivity index (χ0) is 20.6. The lowest BCUT2D eigenvalue weighted by atomic mass is 10.2. The van der Waals surface area contributed by atoms with E-state index in [0.29, 0.717) is 34.7 Å². The summed E-state index contributed by atoms with van der Waals surface area (Å²) < 4.78 is 24.2. The summed E-state index contributed by atoms with van der Waals surface area (Å²) in [5.74, 6) is 0.885. The van der Waals surface area contributed by atoms with E-state index in [9.17, 15) is 4.39 Å². The van der Waals surface area contributed by atoms with E-state index < -0.39 is 0 Å². The molecule has 0 spiro atoms. The number of rotatable bonds is 8. The third-order valence-corrected chi connectivity index (χ3v) is 4.83. The lowest BCUT2D eigenvalue weighted by Gasteiger charge is -2.11. The number of nitrogens with zero attached hydrogens (tertiary/aromatic N) is 1. The molecule has 3 rings (SSSR count). The van der Waals surface area contributed by atoms with Crippen LogP contribution < -0.4 is 14.9 Å². The van der Waals surface area contributed by atoms with Crippen LogP contribution in [0.2, 0.25) is 10.0 Å². The summed E-state index contributed by atoms with van der Waals surface area (Å²) in [7, 11) is 1.57. The predicted octanol–water partition coefficient (Wildman–Crippen LogP) is 5.84. The molecule has 0 radical (unpaired) electrons. The van der Waals surface area contributed by atoms with Crippen LogP contribution in [0.1, 0.15) is 16.7 Å². The molecule has 3 aromatic rings. The van der Waals surface area contributed by atoms with Crippen molar-refractivity contribution in [1.82, 2.24) is 5.43 Å². The Bertz CT molecular complexity index is 974. The minimum Gasteiger partial charge on any atom is -0.493 e. The van der Waals surface area contributed by atoms with Gasteiger partial charge in [0, 0.05) is 15.6 Å². The lowest BCUT2D eigenvalue weighted by molar-refractivity contribution is 0.284. The number of ether oxygens (including phenoxy) is 2. The van der Waals surface area contributed by atoms with Crippen molar-refractivity contribution in [2.45, 2.75) is 13.2 Å². The van der Waals surface area contributed by atoms with E-state index in [2.05, 4.69) is 10.5 Å². The lowest BCUT2D eigenvalue weighted by Crippen LogP contribution is -2.06. The quantitative estimate of drug-likeness (QED) is 0.358. The summed E-state index contributed by atoms with van der Waals surface area (Å²) in [5, 5.41) is 5.38. The summed E-state index contributed by atoms with van der Waals surface area (Å²) in [6, 6.07) is 17.0. The Hall–Kier alpha value is -2.76. The van der Waals surface area contributed by atoms with Crippen LogP contribution in [0.5, 0.6) is 11.5 Å². The Morgan fingerprint density at radius 3 is 2.41 bits per heavy atom. The standard InChI is InChI=1S/C22H19Cl2FN2O2/c1-28-22-11-16(12-26-27-13-18-19(23)3-2-4-20(18)24)7-10-21(22)29-14-15-5-8-17(25)9-6-15/h2-12,27H,13-14H2,1H3/b26-12+.